The molecule has 0 amide bonds. The van der Waals surface area contributed by atoms with Gasteiger partial charge in [-0.15, -0.1) is 11.3 Å². The van der Waals surface area contributed by atoms with E-state index in [1.165, 1.54) is 43.2 Å². The average molecular weight is 323 g/mol. The van der Waals surface area contributed by atoms with Crippen molar-refractivity contribution in [2.75, 3.05) is 0 Å². The van der Waals surface area contributed by atoms with Crippen LogP contribution in [0.25, 0.3) is 10.2 Å². The van der Waals surface area contributed by atoms with Crippen molar-refractivity contribution < 1.29 is 0 Å². The lowest BCUT2D eigenvalue weighted by Gasteiger charge is -2.24. The highest BCUT2D eigenvalue weighted by molar-refractivity contribution is 7.99. The molecule has 4 heteroatoms. The number of aromatic nitrogens is 1. The molecule has 1 heterocycles. The molecular weight excluding hydrogens is 296 g/mol. The number of para-hydroxylation sites is 1. The van der Waals surface area contributed by atoms with Crippen LogP contribution in [0.3, 0.4) is 0 Å². The van der Waals surface area contributed by atoms with Crippen LogP contribution >= 0.6 is 23.3 Å². The number of fused-ring (bicyclic) bond motifs is 1. The standard InChI is InChI=1S/C17H26N2S2/c1-4-5-6-7-10-13-17(2,3)19-21-16-18-14-11-8-9-12-15(14)20-16/h8-9,11-12,19H,4-7,10,13H2,1-3H3. The summed E-state index contributed by atoms with van der Waals surface area (Å²) >= 11 is 3.44. The van der Waals surface area contributed by atoms with E-state index in [1.807, 2.05) is 6.07 Å². The number of hydrogen-bond acceptors (Lipinski definition) is 4. The summed E-state index contributed by atoms with van der Waals surface area (Å²) in [4.78, 5) is 4.66. The Kier molecular flexibility index (Phi) is 6.52. The number of rotatable bonds is 9. The Morgan fingerprint density at radius 2 is 1.90 bits per heavy atom. The van der Waals surface area contributed by atoms with Gasteiger partial charge in [-0.05, 0) is 44.3 Å². The lowest BCUT2D eigenvalue weighted by atomic mass is 9.97. The molecule has 0 bridgehead atoms. The van der Waals surface area contributed by atoms with Crippen LogP contribution in [-0.4, -0.2) is 10.5 Å². The van der Waals surface area contributed by atoms with Gasteiger partial charge in [0.15, 0.2) is 4.34 Å². The molecule has 0 aliphatic heterocycles. The van der Waals surface area contributed by atoms with E-state index in [2.05, 4.69) is 48.7 Å². The summed E-state index contributed by atoms with van der Waals surface area (Å²) in [5.41, 5.74) is 1.26. The fourth-order valence-electron chi connectivity index (χ4n) is 2.30. The summed E-state index contributed by atoms with van der Waals surface area (Å²) in [5.74, 6) is 0. The molecule has 0 radical (unpaired) electrons. The van der Waals surface area contributed by atoms with E-state index in [1.54, 1.807) is 23.3 Å². The van der Waals surface area contributed by atoms with Gasteiger partial charge in [0.1, 0.15) is 0 Å². The van der Waals surface area contributed by atoms with Crippen molar-refractivity contribution in [1.82, 2.24) is 9.71 Å². The van der Waals surface area contributed by atoms with Crippen LogP contribution in [0.4, 0.5) is 0 Å². The third kappa shape index (κ3) is 5.61. The maximum atomic E-state index is 4.66. The Morgan fingerprint density at radius 1 is 1.14 bits per heavy atom. The highest BCUT2D eigenvalue weighted by Crippen LogP contribution is 2.29. The summed E-state index contributed by atoms with van der Waals surface area (Å²) in [6.45, 7) is 6.83. The lowest BCUT2D eigenvalue weighted by Crippen LogP contribution is -2.34. The van der Waals surface area contributed by atoms with Gasteiger partial charge in [0.25, 0.3) is 0 Å². The number of nitrogens with zero attached hydrogens (tertiary/aromatic N) is 1. The van der Waals surface area contributed by atoms with Crippen LogP contribution in [0.2, 0.25) is 0 Å². The minimum atomic E-state index is 0.161. The second kappa shape index (κ2) is 8.16. The first kappa shape index (κ1) is 16.8. The largest absolute Gasteiger partial charge is 0.252 e. The normalized spacial score (nSPS) is 12.1. The van der Waals surface area contributed by atoms with Crippen LogP contribution in [0.5, 0.6) is 0 Å². The zero-order valence-electron chi connectivity index (χ0n) is 13.3. The van der Waals surface area contributed by atoms with Gasteiger partial charge in [-0.1, -0.05) is 51.2 Å². The number of hydrogen-bond donors (Lipinski definition) is 1. The zero-order chi connectivity index (χ0) is 15.1. The minimum absolute atomic E-state index is 0.161. The van der Waals surface area contributed by atoms with E-state index < -0.39 is 0 Å². The van der Waals surface area contributed by atoms with Crippen LogP contribution < -0.4 is 4.72 Å². The minimum Gasteiger partial charge on any atom is -0.252 e. The Hall–Kier alpha value is -0.580. The van der Waals surface area contributed by atoms with E-state index >= 15 is 0 Å². The lowest BCUT2D eigenvalue weighted by molar-refractivity contribution is 0.415. The molecule has 0 spiro atoms. The van der Waals surface area contributed by atoms with Crippen molar-refractivity contribution in [2.24, 2.45) is 0 Å². The number of nitrogens with one attached hydrogen (secondary N) is 1. The van der Waals surface area contributed by atoms with Crippen molar-refractivity contribution in [3.05, 3.63) is 24.3 Å². The first-order valence-electron chi connectivity index (χ1n) is 7.90. The summed E-state index contributed by atoms with van der Waals surface area (Å²) < 4.78 is 5.96. The van der Waals surface area contributed by atoms with Gasteiger partial charge >= 0.3 is 0 Å². The maximum absolute atomic E-state index is 4.66. The molecule has 1 N–H and O–H groups in total. The SMILES string of the molecule is CCCCCCCC(C)(C)NSc1nc2ccccc2s1. The van der Waals surface area contributed by atoms with E-state index in [-0.39, 0.29) is 5.54 Å². The summed E-state index contributed by atoms with van der Waals surface area (Å²) in [7, 11) is 0. The molecule has 0 aliphatic rings. The van der Waals surface area contributed by atoms with Crippen molar-refractivity contribution >= 4 is 33.5 Å². The fourth-order valence-corrected chi connectivity index (χ4v) is 4.17. The Morgan fingerprint density at radius 3 is 2.67 bits per heavy atom. The van der Waals surface area contributed by atoms with Crippen LogP contribution in [0, 0.1) is 0 Å². The van der Waals surface area contributed by atoms with Crippen LogP contribution in [0.1, 0.15) is 59.3 Å². The highest BCUT2D eigenvalue weighted by atomic mass is 32.2. The van der Waals surface area contributed by atoms with Gasteiger partial charge in [0.05, 0.1) is 10.2 Å². The first-order chi connectivity index (χ1) is 10.1. The molecule has 116 valence electrons. The molecule has 0 fully saturated rings. The van der Waals surface area contributed by atoms with Gasteiger partial charge in [-0.3, -0.25) is 4.72 Å². The quantitative estimate of drug-likeness (QED) is 0.450. The first-order valence-corrected chi connectivity index (χ1v) is 9.53. The molecule has 0 unspecified atom stereocenters. The smallest absolute Gasteiger partial charge is 0.166 e. The van der Waals surface area contributed by atoms with Gasteiger partial charge in [0.2, 0.25) is 0 Å². The van der Waals surface area contributed by atoms with Crippen molar-refractivity contribution in [3.63, 3.8) is 0 Å². The fraction of sp³-hybridized carbons (Fsp3) is 0.588. The molecule has 0 atom stereocenters. The van der Waals surface area contributed by atoms with Crippen molar-refractivity contribution in [1.29, 1.82) is 0 Å². The van der Waals surface area contributed by atoms with Gasteiger partial charge < -0.3 is 0 Å². The average Bonchev–Trinajstić information content (AvgIpc) is 2.88. The number of benzene rings is 1. The monoisotopic (exact) mass is 322 g/mol. The van der Waals surface area contributed by atoms with Crippen LogP contribution in [-0.2, 0) is 0 Å². The van der Waals surface area contributed by atoms with Gasteiger partial charge in [0, 0.05) is 5.54 Å². The van der Waals surface area contributed by atoms with Crippen molar-refractivity contribution in [2.45, 2.75) is 69.2 Å². The molecule has 21 heavy (non-hydrogen) atoms. The predicted molar refractivity (Wildman–Crippen MR) is 96.1 cm³/mol. The van der Waals surface area contributed by atoms with Gasteiger partial charge in [-0.25, -0.2) is 4.98 Å². The van der Waals surface area contributed by atoms with E-state index in [0.29, 0.717) is 0 Å². The third-order valence-electron chi connectivity index (χ3n) is 3.59. The number of thiazole rings is 1. The molecule has 0 saturated heterocycles. The molecule has 0 aliphatic carbocycles. The molecule has 2 aromatic rings. The Balaban J connectivity index is 1.77. The second-order valence-corrected chi connectivity index (χ2v) is 8.28. The summed E-state index contributed by atoms with van der Waals surface area (Å²) in [6, 6.07) is 8.33. The highest BCUT2D eigenvalue weighted by Gasteiger charge is 2.18. The molecule has 1 aromatic heterocycles. The second-order valence-electron chi connectivity index (χ2n) is 6.20. The molecule has 2 nitrogen and oxygen atoms in total. The van der Waals surface area contributed by atoms with E-state index in [9.17, 15) is 0 Å². The molecule has 2 rings (SSSR count). The zero-order valence-corrected chi connectivity index (χ0v) is 14.9. The number of unbranched alkanes of at least 4 members (excludes halogenated alkanes) is 4. The Labute approximate surface area is 136 Å². The molecule has 1 aromatic carbocycles. The molecular formula is C17H26N2S2. The molecule has 0 saturated carbocycles. The summed E-state index contributed by atoms with van der Waals surface area (Å²) in [6.07, 6.45) is 7.93. The van der Waals surface area contributed by atoms with Crippen molar-refractivity contribution in [3.8, 4) is 0 Å². The topological polar surface area (TPSA) is 24.9 Å². The third-order valence-corrected chi connectivity index (χ3v) is 5.85. The van der Waals surface area contributed by atoms with E-state index in [0.717, 1.165) is 9.86 Å². The van der Waals surface area contributed by atoms with Crippen LogP contribution in [0.15, 0.2) is 28.6 Å². The Bertz CT molecular complexity index is 515. The summed E-state index contributed by atoms with van der Waals surface area (Å²) in [5, 5.41) is 0. The maximum Gasteiger partial charge on any atom is 0.166 e. The van der Waals surface area contributed by atoms with E-state index in [4.69, 9.17) is 0 Å². The predicted octanol–water partition coefficient (Wildman–Crippen LogP) is 6.03. The van der Waals surface area contributed by atoms with Gasteiger partial charge in [-0.2, -0.15) is 0 Å².